The molecule has 0 N–H and O–H groups in total. The van der Waals surface area contributed by atoms with Crippen LogP contribution in [0.2, 0.25) is 0 Å². The second-order valence-electron chi connectivity index (χ2n) is 14.4. The first kappa shape index (κ1) is 42.2. The van der Waals surface area contributed by atoms with Gasteiger partial charge in [-0.2, -0.15) is 0 Å². The van der Waals surface area contributed by atoms with Gasteiger partial charge in [-0.3, -0.25) is 0 Å². The quantitative estimate of drug-likeness (QED) is 0.130. The number of furan rings is 1. The summed E-state index contributed by atoms with van der Waals surface area (Å²) in [6.45, 7) is 0. The third-order valence-electron chi connectivity index (χ3n) is 11.5. The zero-order valence-electron chi connectivity index (χ0n) is 31.1. The van der Waals surface area contributed by atoms with Crippen LogP contribution in [0.25, 0.3) is 76.5 Å². The fourth-order valence-electron chi connectivity index (χ4n) is 8.27. The highest BCUT2D eigenvalue weighted by Gasteiger charge is 2.31. The van der Waals surface area contributed by atoms with E-state index in [0.29, 0.717) is 0 Å². The minimum atomic E-state index is -0.151. The van der Waals surface area contributed by atoms with Crippen molar-refractivity contribution in [3.63, 3.8) is 0 Å². The summed E-state index contributed by atoms with van der Waals surface area (Å²) in [6.07, 6.45) is 0. The van der Waals surface area contributed by atoms with Crippen molar-refractivity contribution in [1.82, 2.24) is 0 Å². The maximum atomic E-state index is 7.04. The molecule has 59 heavy (non-hydrogen) atoms. The molecule has 8 aromatic rings. The summed E-state index contributed by atoms with van der Waals surface area (Å²) >= 11 is 0. The fraction of sp³-hybridized carbons (Fsp3) is 0. The highest BCUT2D eigenvalue weighted by Crippen LogP contribution is 2.43. The molecule has 0 saturated heterocycles. The van der Waals surface area contributed by atoms with E-state index in [-0.39, 0.29) is 197 Å². The van der Waals surface area contributed by atoms with Crippen molar-refractivity contribution in [2.75, 3.05) is 0 Å². The van der Waals surface area contributed by atoms with Gasteiger partial charge in [-0.15, -0.1) is 54.6 Å². The van der Waals surface area contributed by atoms with E-state index in [1.165, 1.54) is 0 Å². The van der Waals surface area contributed by atoms with E-state index >= 15 is 0 Å². The molecule has 44 radical (unpaired) electrons. The molecule has 0 saturated carbocycles. The molecule has 0 unspecified atom stereocenters. The second kappa shape index (κ2) is 14.0. The summed E-state index contributed by atoms with van der Waals surface area (Å²) in [4.78, 5) is 0. The Labute approximate surface area is 371 Å². The molecule has 1 aromatic heterocycles. The highest BCUT2D eigenvalue weighted by atomic mass is 16.3. The Balaban J connectivity index is 1.81. The van der Waals surface area contributed by atoms with Gasteiger partial charge >= 0.3 is 0 Å². The monoisotopic (exact) mass is 690 g/mol. The molecule has 7 aromatic carbocycles. The van der Waals surface area contributed by atoms with Gasteiger partial charge in [-0.25, -0.2) is 0 Å². The maximum absolute atomic E-state index is 7.04. The van der Waals surface area contributed by atoms with Crippen LogP contribution in [-0.4, -0.2) is 173 Å². The van der Waals surface area contributed by atoms with Gasteiger partial charge in [0.15, 0.2) is 0 Å². The lowest BCUT2D eigenvalue weighted by Crippen LogP contribution is -2.55. The Hall–Kier alpha value is -3.45. The fourth-order valence-corrected chi connectivity index (χ4v) is 8.27. The molecule has 1 nitrogen and oxygen atoms in total. The van der Waals surface area contributed by atoms with Crippen molar-refractivity contribution in [2.24, 2.45) is 0 Å². The van der Waals surface area contributed by atoms with E-state index in [0.717, 1.165) is 0 Å². The van der Waals surface area contributed by atoms with E-state index in [1.807, 2.05) is 0 Å². The summed E-state index contributed by atoms with van der Waals surface area (Å²) in [5, 5.41) is 0.810. The van der Waals surface area contributed by atoms with Crippen LogP contribution in [0.15, 0.2) is 4.42 Å². The Bertz CT molecular complexity index is 3240. The molecule has 0 bridgehead atoms. The van der Waals surface area contributed by atoms with Crippen molar-refractivity contribution in [3.05, 3.63) is 0 Å². The molecular weight excluding hydrogens is 686 g/mol. The third-order valence-corrected chi connectivity index (χ3v) is 11.5. The Morgan fingerprint density at radius 1 is 0.153 bits per heavy atom. The van der Waals surface area contributed by atoms with Gasteiger partial charge in [0.25, 0.3) is 0 Å². The first-order valence-corrected chi connectivity index (χ1v) is 17.3. The van der Waals surface area contributed by atoms with E-state index < -0.39 is 0 Å². The van der Waals surface area contributed by atoms with E-state index in [9.17, 15) is 0 Å². The summed E-state index contributed by atoms with van der Waals surface area (Å²) in [5.41, 5.74) is -2.09. The summed E-state index contributed by atoms with van der Waals surface area (Å²) < 4.78 is 6.54. The largest absolute Gasteiger partial charge is 0.456 e. The van der Waals surface area contributed by atoms with Gasteiger partial charge in [0.2, 0.25) is 0 Å². The van der Waals surface area contributed by atoms with E-state index in [4.69, 9.17) is 177 Å². The zero-order valence-corrected chi connectivity index (χ0v) is 31.1. The van der Waals surface area contributed by atoms with E-state index in [1.54, 1.807) is 0 Å². The molecule has 0 spiro atoms. The van der Waals surface area contributed by atoms with Crippen LogP contribution in [-0.2, 0) is 0 Å². The number of fused-ring (bicyclic) bond motifs is 7. The predicted octanol–water partition coefficient (Wildman–Crippen LogP) is -16.2. The van der Waals surface area contributed by atoms with Crippen molar-refractivity contribution in [1.29, 1.82) is 0 Å². The van der Waals surface area contributed by atoms with Gasteiger partial charge < -0.3 is 4.42 Å². The summed E-state index contributed by atoms with van der Waals surface area (Å²) in [6, 6.07) is 0. The lowest BCUT2D eigenvalue weighted by Gasteiger charge is -2.32. The molecule has 1 heterocycles. The van der Waals surface area contributed by atoms with Crippen LogP contribution in [0.4, 0.5) is 0 Å². The molecule has 0 amide bonds. The third kappa shape index (κ3) is 5.30. The van der Waals surface area contributed by atoms with Crippen molar-refractivity contribution >= 4 is 347 Å². The second-order valence-corrected chi connectivity index (χ2v) is 14.4. The molecule has 216 valence electrons. The first-order valence-electron chi connectivity index (χ1n) is 17.3. The number of hydrogen-bond donors (Lipinski definition) is 0. The summed E-state index contributed by atoms with van der Waals surface area (Å²) in [7, 11) is 146. The van der Waals surface area contributed by atoms with Crippen LogP contribution in [0.1, 0.15) is 0 Å². The van der Waals surface area contributed by atoms with Gasteiger partial charge in [0.05, 0.1) is 0 Å². The van der Waals surface area contributed by atoms with Crippen LogP contribution in [0.5, 0.6) is 0 Å². The normalized spacial score (nSPS) is 11.9. The molecule has 8 rings (SSSR count). The first-order chi connectivity index (χ1) is 27.5. The highest BCUT2D eigenvalue weighted by molar-refractivity contribution is 6.76. The number of benzene rings is 7. The topological polar surface area (TPSA) is 13.1 Å². The molecule has 0 fully saturated rings. The summed E-state index contributed by atoms with van der Waals surface area (Å²) in [5.74, 6) is 0. The molecule has 23 heteroatoms. The lowest BCUT2D eigenvalue weighted by molar-refractivity contribution is 0.676. The predicted molar refractivity (Wildman–Crippen MR) is 276 cm³/mol. The Morgan fingerprint density at radius 3 is 0.797 bits per heavy atom. The molecule has 0 aliphatic carbocycles. The lowest BCUT2D eigenvalue weighted by atomic mass is 9.56. The van der Waals surface area contributed by atoms with Gasteiger partial charge in [0.1, 0.15) is 184 Å². The maximum Gasteiger partial charge on any atom is 0.141 e. The van der Waals surface area contributed by atoms with Crippen molar-refractivity contribution in [2.45, 2.75) is 0 Å². The van der Waals surface area contributed by atoms with Crippen molar-refractivity contribution < 1.29 is 4.42 Å². The van der Waals surface area contributed by atoms with Gasteiger partial charge in [-0.1, -0.05) is 65.6 Å². The van der Waals surface area contributed by atoms with Crippen LogP contribution in [0, 0.1) is 0 Å². The number of hydrogen-bond acceptors (Lipinski definition) is 1. The van der Waals surface area contributed by atoms with Crippen LogP contribution in [0.3, 0.4) is 0 Å². The molecule has 0 aliphatic rings. The SMILES string of the molecule is [B]c1c([B])c([B])c(-c2c3c([B])c([B])c([B])c([B])c3c(-c3c([B])c([B])c([B])c4oc5c6c([B])c([B])c([B])c([B])c6c([B])c([B])c5c34)c3c([B])c([B])c([B])c([B])c23)c([B])c1[B]. The average Bonchev–Trinajstić information content (AvgIpc) is 3.60. The molecule has 0 aliphatic heterocycles. The Kier molecular flexibility index (Phi) is 10.1. The Morgan fingerprint density at radius 2 is 0.390 bits per heavy atom. The average molecular weight is 686 g/mol. The van der Waals surface area contributed by atoms with E-state index in [2.05, 4.69) is 0 Å². The van der Waals surface area contributed by atoms with Crippen LogP contribution >= 0.6 is 0 Å². The zero-order chi connectivity index (χ0) is 43.5. The smallest absolute Gasteiger partial charge is 0.141 e. The van der Waals surface area contributed by atoms with Crippen molar-refractivity contribution in [3.8, 4) is 22.3 Å². The molecule has 0 atom stereocenters. The minimum Gasteiger partial charge on any atom is -0.456 e. The number of rotatable bonds is 2. The standard InChI is InChI=1S/C36B22O/c37-13-3-1(7-8-11-22(46)18(42)10-12(23(47)31(55)28(52)21(10)45)35(11)59-36(8)34(58)32(56)17(7)41)4-6(16(40)27(51)25(49)14(4)38)2(5(3)15(39)26(50)24(13)48)9-19(43)29(53)33(57)30(54)20(9)44. The van der Waals surface area contributed by atoms with Gasteiger partial charge in [-0.05, 0) is 49.2 Å². The van der Waals surface area contributed by atoms with Crippen LogP contribution < -0.4 is 120 Å². The minimum absolute atomic E-state index is 0.00632. The van der Waals surface area contributed by atoms with Gasteiger partial charge in [0, 0.05) is 16.2 Å². The molecular formula is C36B22O.